The minimum absolute atomic E-state index is 0.118. The summed E-state index contributed by atoms with van der Waals surface area (Å²) in [5.41, 5.74) is 4.01. The van der Waals surface area contributed by atoms with E-state index in [2.05, 4.69) is 54.3 Å². The van der Waals surface area contributed by atoms with E-state index in [1.165, 1.54) is 10.4 Å². The first-order valence-electron chi connectivity index (χ1n) is 9.09. The van der Waals surface area contributed by atoms with E-state index >= 15 is 0 Å². The van der Waals surface area contributed by atoms with Gasteiger partial charge in [-0.15, -0.1) is 0 Å². The lowest BCUT2D eigenvalue weighted by atomic mass is 10.1. The van der Waals surface area contributed by atoms with E-state index in [0.29, 0.717) is 4.47 Å². The zero-order valence-corrected chi connectivity index (χ0v) is 17.2. The van der Waals surface area contributed by atoms with Crippen LogP contribution in [-0.2, 0) is 13.5 Å². The molecule has 0 atom stereocenters. The van der Waals surface area contributed by atoms with Crippen molar-refractivity contribution in [1.29, 1.82) is 0 Å². The molecule has 142 valence electrons. The number of aromatic nitrogens is 4. The molecule has 1 aromatic carbocycles. The molecule has 2 aromatic heterocycles. The Hall–Kier alpha value is -2.41. The summed E-state index contributed by atoms with van der Waals surface area (Å²) in [6.07, 6.45) is 5.97. The number of hydrogen-bond donors (Lipinski definition) is 1. The summed E-state index contributed by atoms with van der Waals surface area (Å²) in [6.45, 7) is 0.881. The molecule has 2 heterocycles. The van der Waals surface area contributed by atoms with Crippen LogP contribution in [0.2, 0.25) is 0 Å². The molecule has 0 radical (unpaired) electrons. The highest BCUT2D eigenvalue weighted by Gasteiger charge is 2.11. The summed E-state index contributed by atoms with van der Waals surface area (Å²) in [4.78, 5) is 14.0. The fourth-order valence-electron chi connectivity index (χ4n) is 2.98. The Labute approximate surface area is 167 Å². The van der Waals surface area contributed by atoms with Crippen molar-refractivity contribution >= 4 is 21.6 Å². The number of aryl methyl sites for hydroxylation is 2. The van der Waals surface area contributed by atoms with Crippen LogP contribution in [0.4, 0.5) is 5.69 Å². The average molecular weight is 430 g/mol. The Morgan fingerprint density at radius 1 is 1.19 bits per heavy atom. The fourth-order valence-corrected chi connectivity index (χ4v) is 3.64. The second kappa shape index (κ2) is 8.99. The Morgan fingerprint density at radius 3 is 2.74 bits per heavy atom. The predicted octanol–water partition coefficient (Wildman–Crippen LogP) is 3.78. The molecular weight excluding hydrogens is 406 g/mol. The van der Waals surface area contributed by atoms with Gasteiger partial charge in [-0.05, 0) is 41.3 Å². The molecule has 0 aliphatic carbocycles. The van der Waals surface area contributed by atoms with Crippen LogP contribution in [0.25, 0.3) is 11.3 Å². The largest absolute Gasteiger partial charge is 0.372 e. The maximum absolute atomic E-state index is 11.9. The molecule has 7 heteroatoms. The first kappa shape index (κ1) is 19.4. The summed E-state index contributed by atoms with van der Waals surface area (Å²) in [7, 11) is 3.64. The molecular formula is C20H24BrN5O. The lowest BCUT2D eigenvalue weighted by Crippen LogP contribution is -2.26. The molecule has 3 aromatic rings. The number of anilines is 1. The average Bonchev–Trinajstić information content (AvgIpc) is 3.15. The van der Waals surface area contributed by atoms with Gasteiger partial charge in [0.2, 0.25) is 0 Å². The number of H-pyrrole nitrogens is 1. The lowest BCUT2D eigenvalue weighted by Gasteiger charge is -2.20. The van der Waals surface area contributed by atoms with Gasteiger partial charge in [0.05, 0.1) is 17.6 Å². The number of benzene rings is 1. The maximum Gasteiger partial charge on any atom is 0.282 e. The summed E-state index contributed by atoms with van der Waals surface area (Å²) in [5, 5.41) is 11.6. The van der Waals surface area contributed by atoms with E-state index in [-0.39, 0.29) is 5.56 Å². The van der Waals surface area contributed by atoms with Crippen LogP contribution < -0.4 is 10.5 Å². The third kappa shape index (κ3) is 4.86. The molecule has 0 aliphatic heterocycles. The molecule has 0 saturated heterocycles. The predicted molar refractivity (Wildman–Crippen MR) is 112 cm³/mol. The van der Waals surface area contributed by atoms with Crippen LogP contribution in [0, 0.1) is 0 Å². The third-order valence-electron chi connectivity index (χ3n) is 4.61. The van der Waals surface area contributed by atoms with Gasteiger partial charge in [-0.1, -0.05) is 36.8 Å². The van der Waals surface area contributed by atoms with Crippen LogP contribution in [0.5, 0.6) is 0 Å². The highest BCUT2D eigenvalue weighted by atomic mass is 79.9. The van der Waals surface area contributed by atoms with Gasteiger partial charge in [-0.25, -0.2) is 4.68 Å². The summed E-state index contributed by atoms with van der Waals surface area (Å²) in [5.74, 6) is 0. The van der Waals surface area contributed by atoms with Gasteiger partial charge in [0, 0.05) is 31.9 Å². The lowest BCUT2D eigenvalue weighted by molar-refractivity contribution is 0.658. The third-order valence-corrected chi connectivity index (χ3v) is 5.36. The van der Waals surface area contributed by atoms with Gasteiger partial charge >= 0.3 is 0 Å². The van der Waals surface area contributed by atoms with Crippen molar-refractivity contribution in [2.45, 2.75) is 25.7 Å². The molecule has 0 amide bonds. The molecule has 0 bridgehead atoms. The van der Waals surface area contributed by atoms with Crippen molar-refractivity contribution < 1.29 is 0 Å². The minimum Gasteiger partial charge on any atom is -0.372 e. The van der Waals surface area contributed by atoms with Crippen molar-refractivity contribution in [3.63, 3.8) is 0 Å². The highest BCUT2D eigenvalue weighted by molar-refractivity contribution is 9.10. The minimum atomic E-state index is -0.118. The molecule has 0 spiro atoms. The Kier molecular flexibility index (Phi) is 6.45. The van der Waals surface area contributed by atoms with Gasteiger partial charge in [-0.2, -0.15) is 10.2 Å². The standard InChI is InChI=1S/C20H24BrN5O/c1-25(18-14-22-26(2)20(27)19(18)21)12-8-4-7-11-16-13-17(24-23-16)15-9-5-3-6-10-15/h3,5-6,9-10,13-14H,4,7-8,11-12H2,1-2H3,(H,23,24). The van der Waals surface area contributed by atoms with Crippen molar-refractivity contribution in [1.82, 2.24) is 20.0 Å². The number of rotatable bonds is 8. The summed E-state index contributed by atoms with van der Waals surface area (Å²) in [6, 6.07) is 12.3. The summed E-state index contributed by atoms with van der Waals surface area (Å²) >= 11 is 3.38. The van der Waals surface area contributed by atoms with Crippen LogP contribution in [-0.4, -0.2) is 33.6 Å². The number of hydrogen-bond acceptors (Lipinski definition) is 4. The van der Waals surface area contributed by atoms with E-state index in [9.17, 15) is 4.79 Å². The Balaban J connectivity index is 1.44. The molecule has 0 saturated carbocycles. The van der Waals surface area contributed by atoms with E-state index in [1.807, 2.05) is 25.2 Å². The van der Waals surface area contributed by atoms with Gasteiger partial charge in [-0.3, -0.25) is 9.89 Å². The Bertz CT molecular complexity index is 935. The number of nitrogens with zero attached hydrogens (tertiary/aromatic N) is 4. The van der Waals surface area contributed by atoms with Crippen molar-refractivity contribution in [3.05, 3.63) is 63.1 Å². The van der Waals surface area contributed by atoms with E-state index in [0.717, 1.165) is 49.2 Å². The topological polar surface area (TPSA) is 66.8 Å². The van der Waals surface area contributed by atoms with E-state index < -0.39 is 0 Å². The maximum atomic E-state index is 11.9. The zero-order chi connectivity index (χ0) is 19.2. The quantitative estimate of drug-likeness (QED) is 0.553. The van der Waals surface area contributed by atoms with Gasteiger partial charge in [0.1, 0.15) is 4.47 Å². The zero-order valence-electron chi connectivity index (χ0n) is 15.7. The van der Waals surface area contributed by atoms with Crippen LogP contribution in [0.1, 0.15) is 25.0 Å². The molecule has 6 nitrogen and oxygen atoms in total. The monoisotopic (exact) mass is 429 g/mol. The van der Waals surface area contributed by atoms with Crippen molar-refractivity contribution in [3.8, 4) is 11.3 Å². The first-order valence-corrected chi connectivity index (χ1v) is 9.88. The van der Waals surface area contributed by atoms with Crippen LogP contribution in [0.3, 0.4) is 0 Å². The molecule has 0 unspecified atom stereocenters. The fraction of sp³-hybridized carbons (Fsp3) is 0.350. The molecule has 3 rings (SSSR count). The number of halogens is 1. The second-order valence-electron chi connectivity index (χ2n) is 6.65. The molecule has 27 heavy (non-hydrogen) atoms. The number of unbranched alkanes of at least 4 members (excludes halogenated alkanes) is 2. The van der Waals surface area contributed by atoms with Crippen LogP contribution >= 0.6 is 15.9 Å². The molecule has 0 aliphatic rings. The molecule has 1 N–H and O–H groups in total. The number of aromatic amines is 1. The normalized spacial score (nSPS) is 10.9. The first-order chi connectivity index (χ1) is 13.1. The SMILES string of the molecule is CN(CCCCCc1cc(-c2ccccc2)n[nH]1)c1cnn(C)c(=O)c1Br. The Morgan fingerprint density at radius 2 is 1.96 bits per heavy atom. The molecule has 0 fully saturated rings. The van der Waals surface area contributed by atoms with Crippen molar-refractivity contribution in [2.24, 2.45) is 7.05 Å². The highest BCUT2D eigenvalue weighted by Crippen LogP contribution is 2.21. The number of nitrogens with one attached hydrogen (secondary N) is 1. The van der Waals surface area contributed by atoms with E-state index in [1.54, 1.807) is 13.2 Å². The van der Waals surface area contributed by atoms with Crippen molar-refractivity contribution in [2.75, 3.05) is 18.5 Å². The summed E-state index contributed by atoms with van der Waals surface area (Å²) < 4.78 is 1.89. The van der Waals surface area contributed by atoms with Gasteiger partial charge < -0.3 is 4.90 Å². The smallest absolute Gasteiger partial charge is 0.282 e. The van der Waals surface area contributed by atoms with Gasteiger partial charge in [0.25, 0.3) is 5.56 Å². The van der Waals surface area contributed by atoms with E-state index in [4.69, 9.17) is 0 Å². The van der Waals surface area contributed by atoms with Crippen LogP contribution in [0.15, 0.2) is 51.9 Å². The second-order valence-corrected chi connectivity index (χ2v) is 7.44. The van der Waals surface area contributed by atoms with Gasteiger partial charge in [0.15, 0.2) is 0 Å².